The molecule has 0 spiro atoms. The summed E-state index contributed by atoms with van der Waals surface area (Å²) in [5.41, 5.74) is 0. The first kappa shape index (κ1) is 69.9. The van der Waals surface area contributed by atoms with Crippen molar-refractivity contribution < 1.29 is 28.6 Å². The van der Waals surface area contributed by atoms with Gasteiger partial charge in [0.15, 0.2) is 6.10 Å². The van der Waals surface area contributed by atoms with Crippen molar-refractivity contribution in [1.82, 2.24) is 0 Å². The van der Waals surface area contributed by atoms with Gasteiger partial charge in [-0.2, -0.15) is 0 Å². The summed E-state index contributed by atoms with van der Waals surface area (Å²) in [5, 5.41) is 0. The van der Waals surface area contributed by atoms with Gasteiger partial charge < -0.3 is 14.2 Å². The van der Waals surface area contributed by atoms with Crippen LogP contribution < -0.4 is 0 Å². The number of carbonyl (C=O) groups excluding carboxylic acids is 3. The second-order valence-corrected chi connectivity index (χ2v) is 22.0. The Labute approximate surface area is 449 Å². The number of hydrogen-bond donors (Lipinski definition) is 0. The molecule has 1 unspecified atom stereocenters. The number of ether oxygens (including phenoxy) is 3. The molecule has 0 aromatic rings. The first-order valence-electron chi connectivity index (χ1n) is 32.3. The van der Waals surface area contributed by atoms with Crippen LogP contribution >= 0.6 is 0 Å². The Morgan fingerprint density at radius 1 is 0.278 bits per heavy atom. The second kappa shape index (κ2) is 61.4. The second-order valence-electron chi connectivity index (χ2n) is 22.0. The van der Waals surface area contributed by atoms with Crippen LogP contribution in [0.2, 0.25) is 0 Å². The third-order valence-electron chi connectivity index (χ3n) is 14.7. The summed E-state index contributed by atoms with van der Waals surface area (Å²) in [5.74, 6) is -0.843. The molecule has 0 aromatic carbocycles. The first-order chi connectivity index (χ1) is 35.5. The Balaban J connectivity index is 3.95. The smallest absolute Gasteiger partial charge is 0.306 e. The van der Waals surface area contributed by atoms with Crippen LogP contribution in [0.25, 0.3) is 0 Å². The van der Waals surface area contributed by atoms with Gasteiger partial charge >= 0.3 is 17.9 Å². The van der Waals surface area contributed by atoms with E-state index < -0.39 is 6.10 Å². The Morgan fingerprint density at radius 3 is 0.764 bits per heavy atom. The normalized spacial score (nSPS) is 12.1. The van der Waals surface area contributed by atoms with Gasteiger partial charge in [0.25, 0.3) is 0 Å². The summed E-state index contributed by atoms with van der Waals surface area (Å²) >= 11 is 0. The molecule has 0 amide bonds. The van der Waals surface area contributed by atoms with Gasteiger partial charge in [0, 0.05) is 19.3 Å². The lowest BCUT2D eigenvalue weighted by Gasteiger charge is -2.18. The zero-order chi connectivity index (χ0) is 52.2. The topological polar surface area (TPSA) is 78.9 Å². The van der Waals surface area contributed by atoms with Crippen LogP contribution in [0.3, 0.4) is 0 Å². The van der Waals surface area contributed by atoms with E-state index in [-0.39, 0.29) is 31.1 Å². The Morgan fingerprint density at radius 2 is 0.500 bits per heavy atom. The van der Waals surface area contributed by atoms with E-state index >= 15 is 0 Å². The molecule has 6 nitrogen and oxygen atoms in total. The zero-order valence-corrected chi connectivity index (χ0v) is 48.7. The molecule has 0 N–H and O–H groups in total. The maximum Gasteiger partial charge on any atom is 0.306 e. The van der Waals surface area contributed by atoms with E-state index in [0.717, 1.165) is 64.2 Å². The SMILES string of the molecule is CCCCCCC/C=C\C/C=C\CCCCCCCCCCCCCCCCCCCCCCCC(=O)OCC(COC(=O)CCCCCCCCCCCC)OC(=O)CCCCCCCCCCCCC. The fourth-order valence-corrected chi connectivity index (χ4v) is 9.83. The van der Waals surface area contributed by atoms with E-state index in [2.05, 4.69) is 45.1 Å². The Bertz CT molecular complexity index is 1160. The molecule has 72 heavy (non-hydrogen) atoms. The standard InChI is InChI=1S/C66H124O6/c1-4-7-10-13-16-19-22-23-24-25-26-27-28-29-30-31-32-33-34-35-36-37-38-39-40-41-42-43-45-47-50-53-56-59-65(68)71-62-63(61-70-64(67)58-55-52-49-46-21-18-15-12-9-6-3)72-66(69)60-57-54-51-48-44-20-17-14-11-8-5-2/h22-23,25-26,63H,4-21,24,27-62H2,1-3H3/b23-22-,26-25-. The van der Waals surface area contributed by atoms with Crippen LogP contribution in [0.5, 0.6) is 0 Å². The lowest BCUT2D eigenvalue weighted by atomic mass is 10.0. The van der Waals surface area contributed by atoms with E-state index in [4.69, 9.17) is 14.2 Å². The fraction of sp³-hybridized carbons (Fsp3) is 0.894. The quantitative estimate of drug-likeness (QED) is 0.0261. The third-order valence-corrected chi connectivity index (χ3v) is 14.7. The number of unbranched alkanes of at least 4 members (excludes halogenated alkanes) is 45. The van der Waals surface area contributed by atoms with Crippen LogP contribution in [0, 0.1) is 0 Å². The van der Waals surface area contributed by atoms with Gasteiger partial charge in [0.2, 0.25) is 0 Å². The number of hydrogen-bond acceptors (Lipinski definition) is 6. The van der Waals surface area contributed by atoms with Crippen molar-refractivity contribution in [1.29, 1.82) is 0 Å². The third kappa shape index (κ3) is 58.8. The van der Waals surface area contributed by atoms with Crippen LogP contribution in [0.1, 0.15) is 361 Å². The minimum atomic E-state index is -0.762. The molecule has 0 aliphatic rings. The van der Waals surface area contributed by atoms with E-state index in [9.17, 15) is 14.4 Å². The summed E-state index contributed by atoms with van der Waals surface area (Å²) in [6.07, 6.45) is 73.6. The highest BCUT2D eigenvalue weighted by Gasteiger charge is 2.19. The van der Waals surface area contributed by atoms with Crippen molar-refractivity contribution >= 4 is 17.9 Å². The van der Waals surface area contributed by atoms with Crippen molar-refractivity contribution in [3.63, 3.8) is 0 Å². The molecule has 0 saturated carbocycles. The van der Waals surface area contributed by atoms with E-state index in [0.29, 0.717) is 19.3 Å². The van der Waals surface area contributed by atoms with Gasteiger partial charge in [-0.15, -0.1) is 0 Å². The minimum Gasteiger partial charge on any atom is -0.462 e. The molecule has 0 radical (unpaired) electrons. The van der Waals surface area contributed by atoms with Gasteiger partial charge in [0.1, 0.15) is 13.2 Å². The average molecular weight is 1010 g/mol. The predicted octanol–water partition coefficient (Wildman–Crippen LogP) is 21.8. The highest BCUT2D eigenvalue weighted by molar-refractivity contribution is 5.71. The Hall–Kier alpha value is -2.11. The van der Waals surface area contributed by atoms with Gasteiger partial charge in [-0.05, 0) is 51.4 Å². The monoisotopic (exact) mass is 1010 g/mol. The number of allylic oxidation sites excluding steroid dienone is 4. The molecule has 0 rings (SSSR count). The molecular formula is C66H124O6. The number of rotatable bonds is 60. The molecule has 6 heteroatoms. The highest BCUT2D eigenvalue weighted by atomic mass is 16.6. The number of carbonyl (C=O) groups is 3. The largest absolute Gasteiger partial charge is 0.462 e. The maximum absolute atomic E-state index is 12.8. The molecule has 0 bridgehead atoms. The van der Waals surface area contributed by atoms with Gasteiger partial charge in [-0.3, -0.25) is 14.4 Å². The fourth-order valence-electron chi connectivity index (χ4n) is 9.83. The molecule has 0 aliphatic heterocycles. The summed E-state index contributed by atoms with van der Waals surface area (Å²) < 4.78 is 16.8. The van der Waals surface area contributed by atoms with E-state index in [1.807, 2.05) is 0 Å². The average Bonchev–Trinajstić information content (AvgIpc) is 3.38. The molecular weight excluding hydrogens is 889 g/mol. The summed E-state index contributed by atoms with van der Waals surface area (Å²) in [6.45, 7) is 6.66. The van der Waals surface area contributed by atoms with E-state index in [1.165, 1.54) is 257 Å². The van der Waals surface area contributed by atoms with Gasteiger partial charge in [-0.1, -0.05) is 315 Å². The van der Waals surface area contributed by atoms with Crippen LogP contribution in [0.15, 0.2) is 24.3 Å². The van der Waals surface area contributed by atoms with Gasteiger partial charge in [-0.25, -0.2) is 0 Å². The lowest BCUT2D eigenvalue weighted by molar-refractivity contribution is -0.167. The summed E-state index contributed by atoms with van der Waals surface area (Å²) in [6, 6.07) is 0. The van der Waals surface area contributed by atoms with Crippen molar-refractivity contribution in [2.45, 2.75) is 367 Å². The van der Waals surface area contributed by atoms with Crippen LogP contribution in [-0.4, -0.2) is 37.2 Å². The number of esters is 3. The highest BCUT2D eigenvalue weighted by Crippen LogP contribution is 2.18. The van der Waals surface area contributed by atoms with Crippen molar-refractivity contribution in [3.8, 4) is 0 Å². The summed E-state index contributed by atoms with van der Waals surface area (Å²) in [4.78, 5) is 38.0. The van der Waals surface area contributed by atoms with Crippen molar-refractivity contribution in [3.05, 3.63) is 24.3 Å². The molecule has 1 atom stereocenters. The maximum atomic E-state index is 12.8. The molecule has 424 valence electrons. The molecule has 0 aromatic heterocycles. The molecule has 0 saturated heterocycles. The molecule has 0 aliphatic carbocycles. The van der Waals surface area contributed by atoms with Gasteiger partial charge in [0.05, 0.1) is 0 Å². The minimum absolute atomic E-state index is 0.0639. The van der Waals surface area contributed by atoms with Crippen molar-refractivity contribution in [2.75, 3.05) is 13.2 Å². The molecule has 0 heterocycles. The predicted molar refractivity (Wildman–Crippen MR) is 312 cm³/mol. The van der Waals surface area contributed by atoms with E-state index in [1.54, 1.807) is 0 Å². The zero-order valence-electron chi connectivity index (χ0n) is 48.7. The first-order valence-corrected chi connectivity index (χ1v) is 32.3. The molecule has 0 fully saturated rings. The van der Waals surface area contributed by atoms with Crippen LogP contribution in [0.4, 0.5) is 0 Å². The van der Waals surface area contributed by atoms with Crippen LogP contribution in [-0.2, 0) is 28.6 Å². The lowest BCUT2D eigenvalue weighted by Crippen LogP contribution is -2.30. The van der Waals surface area contributed by atoms with Crippen molar-refractivity contribution in [2.24, 2.45) is 0 Å². The summed E-state index contributed by atoms with van der Waals surface area (Å²) in [7, 11) is 0. The Kier molecular flexibility index (Phi) is 59.6.